The van der Waals surface area contributed by atoms with Gasteiger partial charge in [-0.15, -0.1) is 5.10 Å². The van der Waals surface area contributed by atoms with Crippen molar-refractivity contribution < 1.29 is 14.3 Å². The van der Waals surface area contributed by atoms with Gasteiger partial charge in [-0.05, 0) is 68.3 Å². The van der Waals surface area contributed by atoms with Gasteiger partial charge in [0.15, 0.2) is 0 Å². The zero-order valence-corrected chi connectivity index (χ0v) is 19.5. The molecule has 34 heavy (non-hydrogen) atoms. The molecule has 0 saturated carbocycles. The van der Waals surface area contributed by atoms with Gasteiger partial charge in [-0.25, -0.2) is 4.79 Å². The number of carbonyl (C=O) groups excluding carboxylic acids is 2. The van der Waals surface area contributed by atoms with Crippen LogP contribution in [0, 0.1) is 5.92 Å². The van der Waals surface area contributed by atoms with E-state index in [4.69, 9.17) is 16.3 Å². The van der Waals surface area contributed by atoms with Crippen LogP contribution in [-0.2, 0) is 9.53 Å². The number of halogens is 1. The van der Waals surface area contributed by atoms with Crippen molar-refractivity contribution in [3.63, 3.8) is 0 Å². The highest BCUT2D eigenvalue weighted by Crippen LogP contribution is 2.23. The lowest BCUT2D eigenvalue weighted by molar-refractivity contribution is -0.120. The number of anilines is 2. The van der Waals surface area contributed by atoms with E-state index in [1.165, 1.54) is 10.7 Å². The molecule has 4 rings (SSSR count). The lowest BCUT2D eigenvalue weighted by atomic mass is 9.97. The molecule has 1 fully saturated rings. The average molecular weight is 481 g/mol. The van der Waals surface area contributed by atoms with Crippen molar-refractivity contribution in [3.8, 4) is 5.69 Å². The Morgan fingerprint density at radius 2 is 1.94 bits per heavy atom. The second kappa shape index (κ2) is 10.5. The van der Waals surface area contributed by atoms with Gasteiger partial charge in [-0.3, -0.25) is 9.59 Å². The number of rotatable bonds is 6. The fourth-order valence-electron chi connectivity index (χ4n) is 3.91. The highest BCUT2D eigenvalue weighted by atomic mass is 35.5. The maximum absolute atomic E-state index is 12.9. The topological polar surface area (TPSA) is 93.5 Å². The summed E-state index contributed by atoms with van der Waals surface area (Å²) in [4.78, 5) is 39.1. The van der Waals surface area contributed by atoms with Crippen LogP contribution in [0.1, 0.15) is 30.1 Å². The molecular formula is C25H25ClN4O4. The van der Waals surface area contributed by atoms with E-state index in [1.54, 1.807) is 61.5 Å². The zero-order chi connectivity index (χ0) is 24.1. The lowest BCUT2D eigenvalue weighted by Gasteiger charge is -2.33. The van der Waals surface area contributed by atoms with Crippen LogP contribution in [0.4, 0.5) is 11.5 Å². The Bertz CT molecular complexity index is 1240. The van der Waals surface area contributed by atoms with Gasteiger partial charge in [0.1, 0.15) is 5.82 Å². The predicted molar refractivity (Wildman–Crippen MR) is 131 cm³/mol. The number of hydrogen-bond acceptors (Lipinski definition) is 6. The van der Waals surface area contributed by atoms with Gasteiger partial charge in [0.25, 0.3) is 5.56 Å². The molecule has 176 valence electrons. The summed E-state index contributed by atoms with van der Waals surface area (Å²) in [5, 5.41) is 7.96. The Labute approximate surface area is 202 Å². The number of hydrogen-bond donors (Lipinski definition) is 1. The smallest absolute Gasteiger partial charge is 0.338 e. The van der Waals surface area contributed by atoms with Gasteiger partial charge < -0.3 is 15.0 Å². The first-order chi connectivity index (χ1) is 16.4. The summed E-state index contributed by atoms with van der Waals surface area (Å²) in [6, 6.07) is 16.7. The Hall–Kier alpha value is -3.65. The fraction of sp³-hybridized carbons (Fsp3) is 0.280. The Kier molecular flexibility index (Phi) is 7.27. The minimum atomic E-state index is -0.394. The predicted octanol–water partition coefficient (Wildman–Crippen LogP) is 3.92. The molecule has 1 aromatic heterocycles. The molecule has 0 unspecified atom stereocenters. The van der Waals surface area contributed by atoms with E-state index in [9.17, 15) is 14.4 Å². The lowest BCUT2D eigenvalue weighted by Crippen LogP contribution is -2.41. The van der Waals surface area contributed by atoms with Crippen LogP contribution in [0.3, 0.4) is 0 Å². The van der Waals surface area contributed by atoms with E-state index in [1.807, 2.05) is 4.90 Å². The van der Waals surface area contributed by atoms with Crippen molar-refractivity contribution in [2.24, 2.45) is 5.92 Å². The summed E-state index contributed by atoms with van der Waals surface area (Å²) >= 11 is 6.07. The first-order valence-electron chi connectivity index (χ1n) is 11.1. The van der Waals surface area contributed by atoms with Gasteiger partial charge in [0.2, 0.25) is 5.91 Å². The first kappa shape index (κ1) is 23.5. The zero-order valence-electron chi connectivity index (χ0n) is 18.7. The summed E-state index contributed by atoms with van der Waals surface area (Å²) in [5.41, 5.74) is 1.37. The highest BCUT2D eigenvalue weighted by molar-refractivity contribution is 6.30. The third kappa shape index (κ3) is 5.46. The van der Waals surface area contributed by atoms with E-state index in [2.05, 4.69) is 10.4 Å². The number of aromatic nitrogens is 2. The number of ether oxygens (including phenoxy) is 1. The molecule has 2 aromatic carbocycles. The van der Waals surface area contributed by atoms with E-state index < -0.39 is 5.97 Å². The van der Waals surface area contributed by atoms with Gasteiger partial charge in [-0.1, -0.05) is 17.7 Å². The summed E-state index contributed by atoms with van der Waals surface area (Å²) in [7, 11) is 0. The van der Waals surface area contributed by atoms with E-state index in [0.717, 1.165) is 19.4 Å². The van der Waals surface area contributed by atoms with Gasteiger partial charge in [0.05, 0.1) is 23.8 Å². The maximum Gasteiger partial charge on any atom is 0.338 e. The summed E-state index contributed by atoms with van der Waals surface area (Å²) in [5.74, 6) is -0.116. The molecule has 2 heterocycles. The molecule has 1 amide bonds. The molecule has 1 aliphatic rings. The van der Waals surface area contributed by atoms with Crippen molar-refractivity contribution in [3.05, 3.63) is 81.6 Å². The van der Waals surface area contributed by atoms with Crippen molar-refractivity contribution in [1.82, 2.24) is 9.78 Å². The van der Waals surface area contributed by atoms with E-state index in [-0.39, 0.29) is 17.4 Å². The quantitative estimate of drug-likeness (QED) is 0.537. The maximum atomic E-state index is 12.9. The van der Waals surface area contributed by atoms with Crippen molar-refractivity contribution in [1.29, 1.82) is 0 Å². The molecule has 0 spiro atoms. The normalized spacial score (nSPS) is 15.6. The Balaban J connectivity index is 1.45. The average Bonchev–Trinajstić information content (AvgIpc) is 2.85. The van der Waals surface area contributed by atoms with Crippen LogP contribution in [0.5, 0.6) is 0 Å². The van der Waals surface area contributed by atoms with Gasteiger partial charge in [-0.2, -0.15) is 4.68 Å². The summed E-state index contributed by atoms with van der Waals surface area (Å²) in [6.07, 6.45) is 1.56. The molecule has 0 bridgehead atoms. The van der Waals surface area contributed by atoms with Gasteiger partial charge >= 0.3 is 5.97 Å². The van der Waals surface area contributed by atoms with Crippen LogP contribution in [-0.4, -0.2) is 41.4 Å². The van der Waals surface area contributed by atoms with Crippen molar-refractivity contribution >= 4 is 35.0 Å². The Morgan fingerprint density at radius 3 is 2.68 bits per heavy atom. The van der Waals surface area contributed by atoms with Crippen LogP contribution in [0.2, 0.25) is 5.02 Å². The number of benzene rings is 2. The second-order valence-electron chi connectivity index (χ2n) is 7.99. The molecule has 3 aromatic rings. The molecule has 0 aliphatic carbocycles. The molecule has 1 N–H and O–H groups in total. The highest BCUT2D eigenvalue weighted by Gasteiger charge is 2.27. The van der Waals surface area contributed by atoms with E-state index in [0.29, 0.717) is 40.9 Å². The number of piperidine rings is 1. The fourth-order valence-corrected chi connectivity index (χ4v) is 4.10. The Morgan fingerprint density at radius 1 is 1.15 bits per heavy atom. The largest absolute Gasteiger partial charge is 0.462 e. The monoisotopic (exact) mass is 480 g/mol. The molecule has 1 atom stereocenters. The van der Waals surface area contributed by atoms with E-state index >= 15 is 0 Å². The summed E-state index contributed by atoms with van der Waals surface area (Å²) in [6.45, 7) is 3.27. The molecular weight excluding hydrogens is 456 g/mol. The number of amides is 1. The molecule has 0 radical (unpaired) electrons. The van der Waals surface area contributed by atoms with Crippen LogP contribution >= 0.6 is 11.6 Å². The van der Waals surface area contributed by atoms with Crippen LogP contribution < -0.4 is 15.8 Å². The standard InChI is InChI=1S/C25H25ClN4O4/c1-2-34-25(33)17-8-10-20(11-9-17)27-24(32)18-5-4-14-29(16-18)22-12-13-23(31)30(28-22)21-7-3-6-19(26)15-21/h3,6-13,15,18H,2,4-5,14,16H2,1H3,(H,27,32)/t18-/m0/s1. The third-order valence-electron chi connectivity index (χ3n) is 5.62. The first-order valence-corrected chi connectivity index (χ1v) is 11.5. The molecule has 9 heteroatoms. The summed E-state index contributed by atoms with van der Waals surface area (Å²) < 4.78 is 6.30. The van der Waals surface area contributed by atoms with Gasteiger partial charge in [0, 0.05) is 29.9 Å². The van der Waals surface area contributed by atoms with Crippen molar-refractivity contribution in [2.45, 2.75) is 19.8 Å². The SMILES string of the molecule is CCOC(=O)c1ccc(NC(=O)[C@H]2CCCN(c3ccc(=O)n(-c4cccc(Cl)c4)n3)C2)cc1. The third-order valence-corrected chi connectivity index (χ3v) is 5.85. The minimum absolute atomic E-state index is 0.100. The number of carbonyl (C=O) groups is 2. The minimum Gasteiger partial charge on any atom is -0.462 e. The van der Waals surface area contributed by atoms with Crippen molar-refractivity contribution in [2.75, 3.05) is 29.9 Å². The number of esters is 1. The molecule has 8 nitrogen and oxygen atoms in total. The van der Waals surface area contributed by atoms with Crippen LogP contribution in [0.15, 0.2) is 65.5 Å². The molecule has 1 saturated heterocycles. The number of nitrogens with one attached hydrogen (secondary N) is 1. The van der Waals surface area contributed by atoms with Crippen LogP contribution in [0.25, 0.3) is 5.69 Å². The number of nitrogens with zero attached hydrogens (tertiary/aromatic N) is 3. The molecule has 1 aliphatic heterocycles. The second-order valence-corrected chi connectivity index (χ2v) is 8.43.